The molecule has 0 heterocycles. The summed E-state index contributed by atoms with van der Waals surface area (Å²) in [7, 11) is -3.91. The molecule has 0 atom stereocenters. The van der Waals surface area contributed by atoms with Gasteiger partial charge in [-0.25, -0.2) is 12.8 Å². The minimum Gasteiger partial charge on any atom is -0.352 e. The topological polar surface area (TPSA) is 75.3 Å². The lowest BCUT2D eigenvalue weighted by Crippen LogP contribution is -2.29. The van der Waals surface area contributed by atoms with Gasteiger partial charge in [-0.3, -0.25) is 9.52 Å². The Hall–Kier alpha value is -2.41. The molecule has 7 heteroatoms. The van der Waals surface area contributed by atoms with Gasteiger partial charge in [0.2, 0.25) is 0 Å². The summed E-state index contributed by atoms with van der Waals surface area (Å²) in [5, 5.41) is 2.89. The molecule has 0 bridgehead atoms. The van der Waals surface area contributed by atoms with Gasteiger partial charge in [0.15, 0.2) is 0 Å². The minimum absolute atomic E-state index is 0.0694. The molecule has 0 radical (unpaired) electrons. The van der Waals surface area contributed by atoms with E-state index in [0.717, 1.165) is 25.0 Å². The molecule has 0 unspecified atom stereocenters. The van der Waals surface area contributed by atoms with Gasteiger partial charge in [0, 0.05) is 6.54 Å². The van der Waals surface area contributed by atoms with Gasteiger partial charge in [-0.2, -0.15) is 0 Å². The van der Waals surface area contributed by atoms with E-state index >= 15 is 0 Å². The van der Waals surface area contributed by atoms with Crippen LogP contribution in [-0.2, 0) is 10.0 Å². The lowest BCUT2D eigenvalue weighted by Gasteiger charge is -2.14. The van der Waals surface area contributed by atoms with Crippen LogP contribution in [0, 0.1) is 11.7 Å². The first-order valence-electron chi connectivity index (χ1n) is 8.61. The first-order valence-corrected chi connectivity index (χ1v) is 10.1. The van der Waals surface area contributed by atoms with E-state index in [1.807, 2.05) is 0 Å². The number of anilines is 1. The normalized spacial score (nSPS) is 15.0. The average Bonchev–Trinajstić information content (AvgIpc) is 3.14. The van der Waals surface area contributed by atoms with E-state index in [1.54, 1.807) is 18.2 Å². The predicted octanol–water partition coefficient (Wildman–Crippen LogP) is 3.55. The molecule has 1 aliphatic carbocycles. The molecule has 0 saturated heterocycles. The number of halogens is 1. The average molecular weight is 376 g/mol. The van der Waals surface area contributed by atoms with Crippen LogP contribution in [0.4, 0.5) is 10.1 Å². The van der Waals surface area contributed by atoms with Crippen molar-refractivity contribution in [3.8, 4) is 0 Å². The van der Waals surface area contributed by atoms with E-state index in [1.165, 1.54) is 31.0 Å². The molecule has 0 aliphatic heterocycles. The molecule has 1 fully saturated rings. The number of amides is 1. The molecular formula is C19H21FN2O3S. The quantitative estimate of drug-likeness (QED) is 0.810. The fourth-order valence-electron chi connectivity index (χ4n) is 3.13. The Labute approximate surface area is 152 Å². The number of rotatable bonds is 6. The van der Waals surface area contributed by atoms with Crippen LogP contribution in [0.2, 0.25) is 0 Å². The SMILES string of the molecule is O=C(NCC1CCCC1)c1ccccc1NS(=O)(=O)c1ccc(F)cc1. The van der Waals surface area contributed by atoms with Crippen molar-refractivity contribution in [3.05, 3.63) is 59.9 Å². The van der Waals surface area contributed by atoms with E-state index in [9.17, 15) is 17.6 Å². The van der Waals surface area contributed by atoms with E-state index in [-0.39, 0.29) is 22.1 Å². The van der Waals surface area contributed by atoms with Gasteiger partial charge >= 0.3 is 0 Å². The standard InChI is InChI=1S/C19H21FN2O3S/c20-15-9-11-16(12-10-15)26(24,25)22-18-8-4-3-7-17(18)19(23)21-13-14-5-1-2-6-14/h3-4,7-12,14,22H,1-2,5-6,13H2,(H,21,23). The van der Waals surface area contributed by atoms with E-state index < -0.39 is 15.8 Å². The molecule has 2 N–H and O–H groups in total. The molecule has 5 nitrogen and oxygen atoms in total. The Morgan fingerprint density at radius 2 is 1.69 bits per heavy atom. The maximum atomic E-state index is 13.0. The first kappa shape index (κ1) is 18.4. The Morgan fingerprint density at radius 3 is 2.38 bits per heavy atom. The van der Waals surface area contributed by atoms with Crippen LogP contribution in [0.3, 0.4) is 0 Å². The molecule has 1 aliphatic rings. The van der Waals surface area contributed by atoms with Crippen molar-refractivity contribution in [1.82, 2.24) is 5.32 Å². The first-order chi connectivity index (χ1) is 12.5. The Kier molecular flexibility index (Phi) is 5.56. The monoisotopic (exact) mass is 376 g/mol. The van der Waals surface area contributed by atoms with Crippen molar-refractivity contribution in [1.29, 1.82) is 0 Å². The highest BCUT2D eigenvalue weighted by Gasteiger charge is 2.20. The maximum Gasteiger partial charge on any atom is 0.261 e. The third kappa shape index (κ3) is 4.40. The number of carbonyl (C=O) groups is 1. The maximum absolute atomic E-state index is 13.0. The Morgan fingerprint density at radius 1 is 1.04 bits per heavy atom. The van der Waals surface area contributed by atoms with Gasteiger partial charge in [0.05, 0.1) is 16.1 Å². The molecule has 1 saturated carbocycles. The van der Waals surface area contributed by atoms with Crippen molar-refractivity contribution in [3.63, 3.8) is 0 Å². The van der Waals surface area contributed by atoms with Gasteiger partial charge in [0.1, 0.15) is 5.82 Å². The Balaban J connectivity index is 1.75. The summed E-state index contributed by atoms with van der Waals surface area (Å²) >= 11 is 0. The van der Waals surface area contributed by atoms with Crippen molar-refractivity contribution >= 4 is 21.6 Å². The third-order valence-electron chi connectivity index (χ3n) is 4.57. The fraction of sp³-hybridized carbons (Fsp3) is 0.316. The lowest BCUT2D eigenvalue weighted by molar-refractivity contribution is 0.0948. The van der Waals surface area contributed by atoms with Gasteiger partial charge in [-0.1, -0.05) is 25.0 Å². The second-order valence-electron chi connectivity index (χ2n) is 6.47. The van der Waals surface area contributed by atoms with Gasteiger partial charge in [-0.15, -0.1) is 0 Å². The van der Waals surface area contributed by atoms with E-state index in [2.05, 4.69) is 10.0 Å². The summed E-state index contributed by atoms with van der Waals surface area (Å²) in [6, 6.07) is 11.0. The van der Waals surface area contributed by atoms with Crippen molar-refractivity contribution in [2.45, 2.75) is 30.6 Å². The van der Waals surface area contributed by atoms with E-state index in [0.29, 0.717) is 12.5 Å². The third-order valence-corrected chi connectivity index (χ3v) is 5.95. The molecule has 26 heavy (non-hydrogen) atoms. The second kappa shape index (κ2) is 7.86. The van der Waals surface area contributed by atoms with Gasteiger partial charge in [-0.05, 0) is 55.2 Å². The van der Waals surface area contributed by atoms with Gasteiger partial charge in [0.25, 0.3) is 15.9 Å². The number of hydrogen-bond donors (Lipinski definition) is 2. The smallest absolute Gasteiger partial charge is 0.261 e. The Bertz CT molecular complexity index is 876. The predicted molar refractivity (Wildman–Crippen MR) is 97.9 cm³/mol. The molecule has 0 spiro atoms. The minimum atomic E-state index is -3.91. The molecule has 2 aromatic carbocycles. The van der Waals surface area contributed by atoms with Crippen LogP contribution in [-0.4, -0.2) is 20.9 Å². The molecule has 138 valence electrons. The second-order valence-corrected chi connectivity index (χ2v) is 8.15. The summed E-state index contributed by atoms with van der Waals surface area (Å²) in [6.07, 6.45) is 4.60. The van der Waals surface area contributed by atoms with E-state index in [4.69, 9.17) is 0 Å². The number of benzene rings is 2. The van der Waals surface area contributed by atoms with Crippen LogP contribution >= 0.6 is 0 Å². The van der Waals surface area contributed by atoms with Crippen molar-refractivity contribution in [2.24, 2.45) is 5.92 Å². The largest absolute Gasteiger partial charge is 0.352 e. The summed E-state index contributed by atoms with van der Waals surface area (Å²) in [4.78, 5) is 12.4. The summed E-state index contributed by atoms with van der Waals surface area (Å²) in [5.74, 6) is -0.341. The highest BCUT2D eigenvalue weighted by Crippen LogP contribution is 2.24. The zero-order valence-corrected chi connectivity index (χ0v) is 15.1. The molecule has 2 aromatic rings. The van der Waals surface area contributed by atoms with Crippen LogP contribution in [0.1, 0.15) is 36.0 Å². The molecule has 0 aromatic heterocycles. The lowest BCUT2D eigenvalue weighted by atomic mass is 10.1. The molecular weight excluding hydrogens is 355 g/mol. The number of para-hydroxylation sites is 1. The van der Waals surface area contributed by atoms with Gasteiger partial charge < -0.3 is 5.32 Å². The summed E-state index contributed by atoms with van der Waals surface area (Å²) in [5.41, 5.74) is 0.455. The molecule has 3 rings (SSSR count). The van der Waals surface area contributed by atoms with Crippen LogP contribution in [0.25, 0.3) is 0 Å². The number of hydrogen-bond acceptors (Lipinski definition) is 3. The zero-order valence-electron chi connectivity index (χ0n) is 14.2. The van der Waals surface area contributed by atoms with Crippen molar-refractivity contribution in [2.75, 3.05) is 11.3 Å². The zero-order chi connectivity index (χ0) is 18.6. The fourth-order valence-corrected chi connectivity index (χ4v) is 4.21. The highest BCUT2D eigenvalue weighted by molar-refractivity contribution is 7.92. The van der Waals surface area contributed by atoms with Crippen molar-refractivity contribution < 1.29 is 17.6 Å². The number of sulfonamides is 1. The highest BCUT2D eigenvalue weighted by atomic mass is 32.2. The summed E-state index contributed by atoms with van der Waals surface area (Å²) in [6.45, 7) is 0.595. The van der Waals surface area contributed by atoms with Crippen LogP contribution in [0.5, 0.6) is 0 Å². The van der Waals surface area contributed by atoms with Crippen LogP contribution < -0.4 is 10.0 Å². The molecule has 1 amide bonds. The number of nitrogens with one attached hydrogen (secondary N) is 2. The van der Waals surface area contributed by atoms with Crippen LogP contribution in [0.15, 0.2) is 53.4 Å². The number of carbonyl (C=O) groups excluding carboxylic acids is 1. The summed E-state index contributed by atoms with van der Waals surface area (Å²) < 4.78 is 40.4.